The Morgan fingerprint density at radius 1 is 0.839 bits per heavy atom. The van der Waals surface area contributed by atoms with E-state index in [4.69, 9.17) is 4.98 Å². The van der Waals surface area contributed by atoms with Crippen LogP contribution in [0.3, 0.4) is 0 Å². The van der Waals surface area contributed by atoms with Gasteiger partial charge in [0.15, 0.2) is 5.16 Å². The number of pyridine rings is 2. The number of rotatable bonds is 5. The van der Waals surface area contributed by atoms with Crippen LogP contribution in [0.2, 0.25) is 0 Å². The van der Waals surface area contributed by atoms with Crippen LogP contribution in [0.25, 0.3) is 10.8 Å². The second kappa shape index (κ2) is 8.77. The molecule has 8 heteroatoms. The van der Waals surface area contributed by atoms with Crippen molar-refractivity contribution in [3.63, 3.8) is 0 Å². The van der Waals surface area contributed by atoms with Gasteiger partial charge in [0.25, 0.3) is 0 Å². The van der Waals surface area contributed by atoms with Gasteiger partial charge in [-0.05, 0) is 42.0 Å². The quantitative estimate of drug-likeness (QED) is 0.374. The molecule has 0 spiro atoms. The number of nitrogens with one attached hydrogen (secondary N) is 1. The number of hydrogen-bond acceptors (Lipinski definition) is 8. The molecule has 0 bridgehead atoms. The number of piperazine rings is 1. The standard InChI is InChI=1S/C23H23N7S/c1-31-23-27-20(26-19-6-5-18-16-24-9-7-17(18)14-19)15-22(28-23)30-12-10-29(11-13-30)21-4-2-3-8-25-21/h2-9,14-16H,10-13H2,1H3,(H,26,27,28). The molecule has 0 amide bonds. The van der Waals surface area contributed by atoms with E-state index in [1.165, 1.54) is 0 Å². The van der Waals surface area contributed by atoms with Gasteiger partial charge in [-0.25, -0.2) is 15.0 Å². The topological polar surface area (TPSA) is 70.1 Å². The molecule has 0 saturated carbocycles. The Kier molecular flexibility index (Phi) is 5.54. The maximum atomic E-state index is 4.76. The third-order valence-electron chi connectivity index (χ3n) is 5.36. The molecule has 0 unspecified atom stereocenters. The normalized spacial score (nSPS) is 14.1. The summed E-state index contributed by atoms with van der Waals surface area (Å²) in [6, 6.07) is 16.3. The van der Waals surface area contributed by atoms with Gasteiger partial charge < -0.3 is 15.1 Å². The van der Waals surface area contributed by atoms with E-state index >= 15 is 0 Å². The molecule has 1 fully saturated rings. The molecule has 1 aliphatic rings. The summed E-state index contributed by atoms with van der Waals surface area (Å²) in [6.07, 6.45) is 7.53. The van der Waals surface area contributed by atoms with Crippen LogP contribution in [0.4, 0.5) is 23.1 Å². The highest BCUT2D eigenvalue weighted by molar-refractivity contribution is 7.98. The van der Waals surface area contributed by atoms with Crippen molar-refractivity contribution in [2.75, 3.05) is 47.6 Å². The number of anilines is 4. The molecule has 0 atom stereocenters. The Labute approximate surface area is 185 Å². The van der Waals surface area contributed by atoms with E-state index in [2.05, 4.69) is 54.3 Å². The second-order valence-electron chi connectivity index (χ2n) is 7.32. The van der Waals surface area contributed by atoms with Gasteiger partial charge in [-0.15, -0.1) is 0 Å². The van der Waals surface area contributed by atoms with E-state index in [1.54, 1.807) is 11.8 Å². The van der Waals surface area contributed by atoms with Crippen molar-refractivity contribution in [1.29, 1.82) is 0 Å². The van der Waals surface area contributed by atoms with Gasteiger partial charge in [0.1, 0.15) is 17.5 Å². The van der Waals surface area contributed by atoms with Crippen molar-refractivity contribution >= 4 is 45.7 Å². The van der Waals surface area contributed by atoms with E-state index in [9.17, 15) is 0 Å². The fraction of sp³-hybridized carbons (Fsp3) is 0.217. The van der Waals surface area contributed by atoms with E-state index in [0.29, 0.717) is 0 Å². The highest BCUT2D eigenvalue weighted by atomic mass is 32.2. The Hall–Kier alpha value is -3.39. The third-order valence-corrected chi connectivity index (χ3v) is 5.91. The zero-order valence-electron chi connectivity index (χ0n) is 17.3. The van der Waals surface area contributed by atoms with Crippen molar-refractivity contribution in [2.24, 2.45) is 0 Å². The van der Waals surface area contributed by atoms with E-state index in [1.807, 2.05) is 49.1 Å². The molecule has 156 valence electrons. The van der Waals surface area contributed by atoms with E-state index in [-0.39, 0.29) is 0 Å². The number of nitrogens with zero attached hydrogens (tertiary/aromatic N) is 6. The zero-order chi connectivity index (χ0) is 21.0. The Morgan fingerprint density at radius 2 is 1.68 bits per heavy atom. The molecule has 4 heterocycles. The van der Waals surface area contributed by atoms with Crippen LogP contribution in [0.5, 0.6) is 0 Å². The predicted octanol–water partition coefficient (Wildman–Crippen LogP) is 4.21. The number of benzene rings is 1. The van der Waals surface area contributed by atoms with Gasteiger partial charge in [0.2, 0.25) is 0 Å². The average molecular weight is 430 g/mol. The van der Waals surface area contributed by atoms with Gasteiger partial charge in [-0.3, -0.25) is 4.98 Å². The molecular formula is C23H23N7S. The smallest absolute Gasteiger partial charge is 0.191 e. The molecule has 31 heavy (non-hydrogen) atoms. The first-order valence-electron chi connectivity index (χ1n) is 10.2. The number of fused-ring (bicyclic) bond motifs is 1. The van der Waals surface area contributed by atoms with Crippen LogP contribution in [0.1, 0.15) is 0 Å². The molecule has 5 rings (SSSR count). The maximum Gasteiger partial charge on any atom is 0.191 e. The van der Waals surface area contributed by atoms with Crippen LogP contribution in [0, 0.1) is 0 Å². The van der Waals surface area contributed by atoms with Gasteiger partial charge in [-0.1, -0.05) is 23.9 Å². The summed E-state index contributed by atoms with van der Waals surface area (Å²) in [4.78, 5) is 22.7. The SMILES string of the molecule is CSc1nc(Nc2ccc3cnccc3c2)cc(N2CCN(c3ccccn3)CC2)n1. The highest BCUT2D eigenvalue weighted by Gasteiger charge is 2.20. The van der Waals surface area contributed by atoms with Gasteiger partial charge >= 0.3 is 0 Å². The molecule has 3 aromatic heterocycles. The first-order valence-corrected chi connectivity index (χ1v) is 11.5. The first-order chi connectivity index (χ1) is 15.3. The predicted molar refractivity (Wildman–Crippen MR) is 128 cm³/mol. The van der Waals surface area contributed by atoms with Crippen LogP contribution < -0.4 is 15.1 Å². The first kappa shape index (κ1) is 19.6. The van der Waals surface area contributed by atoms with Crippen molar-refractivity contribution in [2.45, 2.75) is 5.16 Å². The van der Waals surface area contributed by atoms with E-state index in [0.717, 1.165) is 65.2 Å². The number of aromatic nitrogens is 4. The monoisotopic (exact) mass is 429 g/mol. The Bertz CT molecular complexity index is 1180. The minimum Gasteiger partial charge on any atom is -0.353 e. The van der Waals surface area contributed by atoms with Crippen LogP contribution in [-0.4, -0.2) is 52.4 Å². The molecule has 1 aromatic carbocycles. The molecule has 0 aliphatic carbocycles. The Morgan fingerprint density at radius 3 is 2.45 bits per heavy atom. The largest absolute Gasteiger partial charge is 0.353 e. The van der Waals surface area contributed by atoms with Crippen LogP contribution >= 0.6 is 11.8 Å². The summed E-state index contributed by atoms with van der Waals surface area (Å²) in [7, 11) is 0. The summed E-state index contributed by atoms with van der Waals surface area (Å²) in [5.41, 5.74) is 0.996. The lowest BCUT2D eigenvalue weighted by atomic mass is 10.1. The third kappa shape index (κ3) is 4.39. The lowest BCUT2D eigenvalue weighted by molar-refractivity contribution is 0.638. The molecule has 4 aromatic rings. The minimum atomic E-state index is 0.761. The maximum absolute atomic E-state index is 4.76. The summed E-state index contributed by atoms with van der Waals surface area (Å²) >= 11 is 1.55. The Balaban J connectivity index is 1.34. The van der Waals surface area contributed by atoms with Crippen molar-refractivity contribution < 1.29 is 0 Å². The molecule has 0 radical (unpaired) electrons. The molecule has 1 aliphatic heterocycles. The fourth-order valence-corrected chi connectivity index (χ4v) is 4.12. The second-order valence-corrected chi connectivity index (χ2v) is 8.10. The summed E-state index contributed by atoms with van der Waals surface area (Å²) in [6.45, 7) is 3.61. The van der Waals surface area contributed by atoms with Gasteiger partial charge in [0.05, 0.1) is 0 Å². The molecule has 1 saturated heterocycles. The number of thioether (sulfide) groups is 1. The van der Waals surface area contributed by atoms with Gasteiger partial charge in [0, 0.05) is 61.9 Å². The summed E-state index contributed by atoms with van der Waals surface area (Å²) in [5.74, 6) is 2.78. The van der Waals surface area contributed by atoms with Crippen molar-refractivity contribution in [1.82, 2.24) is 19.9 Å². The zero-order valence-corrected chi connectivity index (χ0v) is 18.1. The summed E-state index contributed by atoms with van der Waals surface area (Å²) in [5, 5.41) is 6.48. The molecule has 1 N–H and O–H groups in total. The molecular weight excluding hydrogens is 406 g/mol. The lowest BCUT2D eigenvalue weighted by Crippen LogP contribution is -2.47. The number of hydrogen-bond donors (Lipinski definition) is 1. The van der Waals surface area contributed by atoms with Crippen LogP contribution in [-0.2, 0) is 0 Å². The highest BCUT2D eigenvalue weighted by Crippen LogP contribution is 2.26. The minimum absolute atomic E-state index is 0.761. The van der Waals surface area contributed by atoms with Crippen molar-refractivity contribution in [3.8, 4) is 0 Å². The van der Waals surface area contributed by atoms with Crippen LogP contribution in [0.15, 0.2) is 72.3 Å². The van der Waals surface area contributed by atoms with Crippen molar-refractivity contribution in [3.05, 3.63) is 67.1 Å². The fourth-order valence-electron chi connectivity index (χ4n) is 3.74. The molecule has 7 nitrogen and oxygen atoms in total. The lowest BCUT2D eigenvalue weighted by Gasteiger charge is -2.36. The van der Waals surface area contributed by atoms with Gasteiger partial charge in [-0.2, -0.15) is 0 Å². The van der Waals surface area contributed by atoms with E-state index < -0.39 is 0 Å². The average Bonchev–Trinajstić information content (AvgIpc) is 2.84. The summed E-state index contributed by atoms with van der Waals surface area (Å²) < 4.78 is 0.